The zero-order valence-corrected chi connectivity index (χ0v) is 15.1. The van der Waals surface area contributed by atoms with Crippen LogP contribution < -0.4 is 10.1 Å². The number of carbonyl (C=O) groups is 2. The number of thioether (sulfide) groups is 1. The second-order valence-electron chi connectivity index (χ2n) is 5.78. The number of benzene rings is 1. The van der Waals surface area contributed by atoms with Crippen molar-refractivity contribution in [2.24, 2.45) is 0 Å². The van der Waals surface area contributed by atoms with Crippen LogP contribution in [0.3, 0.4) is 0 Å². The third kappa shape index (κ3) is 5.45. The second-order valence-corrected chi connectivity index (χ2v) is 6.78. The smallest absolute Gasteiger partial charge is 0.263 e. The van der Waals surface area contributed by atoms with Gasteiger partial charge in [0.15, 0.2) is 12.4 Å². The summed E-state index contributed by atoms with van der Waals surface area (Å²) in [7, 11) is 0. The molecule has 2 aromatic rings. The molecule has 0 atom stereocenters. The van der Waals surface area contributed by atoms with Gasteiger partial charge in [-0.05, 0) is 37.1 Å². The van der Waals surface area contributed by atoms with Gasteiger partial charge < -0.3 is 15.0 Å². The summed E-state index contributed by atoms with van der Waals surface area (Å²) in [6, 6.07) is 12.5. The number of carbonyl (C=O) groups excluding carboxylic acids is 2. The predicted octanol–water partition coefficient (Wildman–Crippen LogP) is 2.21. The van der Waals surface area contributed by atoms with Crippen LogP contribution in [0.25, 0.3) is 0 Å². The molecule has 1 aliphatic rings. The van der Waals surface area contributed by atoms with Crippen molar-refractivity contribution in [3.05, 3.63) is 42.5 Å². The van der Waals surface area contributed by atoms with E-state index < -0.39 is 0 Å². The van der Waals surface area contributed by atoms with E-state index in [9.17, 15) is 9.59 Å². The summed E-state index contributed by atoms with van der Waals surface area (Å²) in [4.78, 5) is 25.8. The molecule has 1 saturated heterocycles. The molecule has 26 heavy (non-hydrogen) atoms. The minimum Gasteiger partial charge on any atom is -0.484 e. The summed E-state index contributed by atoms with van der Waals surface area (Å²) in [5.74, 6) is 1.15. The molecule has 8 heteroatoms. The molecule has 0 aliphatic carbocycles. The molecule has 1 fully saturated rings. The number of hydrogen-bond donors (Lipinski definition) is 1. The van der Waals surface area contributed by atoms with E-state index in [0.29, 0.717) is 22.3 Å². The van der Waals surface area contributed by atoms with E-state index in [4.69, 9.17) is 4.74 Å². The molecule has 136 valence electrons. The van der Waals surface area contributed by atoms with Crippen molar-refractivity contribution in [3.8, 4) is 5.75 Å². The van der Waals surface area contributed by atoms with E-state index in [2.05, 4.69) is 15.5 Å². The number of likely N-dealkylation sites (tertiary alicyclic amines) is 1. The molecule has 1 N–H and O–H groups in total. The highest BCUT2D eigenvalue weighted by Crippen LogP contribution is 2.18. The Morgan fingerprint density at radius 3 is 2.54 bits per heavy atom. The monoisotopic (exact) mass is 372 g/mol. The number of anilines is 1. The first kappa shape index (κ1) is 18.2. The number of nitrogens with zero attached hydrogens (tertiary/aromatic N) is 3. The maximum atomic E-state index is 12.0. The quantitative estimate of drug-likeness (QED) is 0.750. The fraction of sp³-hybridized carbons (Fsp3) is 0.333. The first-order valence-electron chi connectivity index (χ1n) is 8.43. The summed E-state index contributed by atoms with van der Waals surface area (Å²) in [5.41, 5.74) is 0. The topological polar surface area (TPSA) is 84.4 Å². The van der Waals surface area contributed by atoms with Crippen molar-refractivity contribution in [2.45, 2.75) is 17.9 Å². The molecule has 1 aliphatic heterocycles. The van der Waals surface area contributed by atoms with Gasteiger partial charge in [-0.25, -0.2) is 0 Å². The Morgan fingerprint density at radius 2 is 1.85 bits per heavy atom. The van der Waals surface area contributed by atoms with E-state index in [1.165, 1.54) is 11.8 Å². The van der Waals surface area contributed by atoms with Gasteiger partial charge in [-0.2, -0.15) is 0 Å². The van der Waals surface area contributed by atoms with E-state index >= 15 is 0 Å². The van der Waals surface area contributed by atoms with E-state index in [-0.39, 0.29) is 18.4 Å². The molecule has 2 amide bonds. The van der Waals surface area contributed by atoms with Crippen LogP contribution in [0.5, 0.6) is 5.75 Å². The normalized spacial score (nSPS) is 13.5. The van der Waals surface area contributed by atoms with E-state index in [0.717, 1.165) is 25.9 Å². The largest absolute Gasteiger partial charge is 0.484 e. The van der Waals surface area contributed by atoms with Gasteiger partial charge in [-0.15, -0.1) is 10.2 Å². The van der Waals surface area contributed by atoms with Crippen LogP contribution >= 0.6 is 11.8 Å². The van der Waals surface area contributed by atoms with Crippen LogP contribution in [-0.2, 0) is 9.59 Å². The molecule has 0 unspecified atom stereocenters. The highest BCUT2D eigenvalue weighted by molar-refractivity contribution is 7.99. The highest BCUT2D eigenvalue weighted by atomic mass is 32.2. The van der Waals surface area contributed by atoms with Crippen LogP contribution in [0, 0.1) is 0 Å². The SMILES string of the molecule is O=C(COc1ccccc1)Nc1ccc(SCC(=O)N2CCCC2)nn1. The first-order chi connectivity index (χ1) is 12.7. The molecule has 2 heterocycles. The minimum absolute atomic E-state index is 0.105. The average Bonchev–Trinajstić information content (AvgIpc) is 3.21. The number of ether oxygens (including phenoxy) is 1. The van der Waals surface area contributed by atoms with Crippen LogP contribution in [-0.4, -0.2) is 52.4 Å². The van der Waals surface area contributed by atoms with Crippen molar-refractivity contribution in [3.63, 3.8) is 0 Å². The zero-order chi connectivity index (χ0) is 18.2. The van der Waals surface area contributed by atoms with Crippen LogP contribution in [0.15, 0.2) is 47.5 Å². The van der Waals surface area contributed by atoms with Gasteiger partial charge >= 0.3 is 0 Å². The zero-order valence-electron chi connectivity index (χ0n) is 14.3. The molecule has 0 radical (unpaired) electrons. The van der Waals surface area contributed by atoms with Gasteiger partial charge in [0.1, 0.15) is 10.8 Å². The van der Waals surface area contributed by atoms with Gasteiger partial charge in [-0.1, -0.05) is 30.0 Å². The van der Waals surface area contributed by atoms with Crippen LogP contribution in [0.4, 0.5) is 5.82 Å². The van der Waals surface area contributed by atoms with Crippen molar-refractivity contribution >= 4 is 29.4 Å². The lowest BCUT2D eigenvalue weighted by atomic mass is 10.3. The number of para-hydroxylation sites is 1. The third-order valence-electron chi connectivity index (χ3n) is 3.82. The van der Waals surface area contributed by atoms with Gasteiger partial charge in [0.2, 0.25) is 5.91 Å². The maximum absolute atomic E-state index is 12.0. The molecule has 1 aromatic carbocycles. The van der Waals surface area contributed by atoms with Gasteiger partial charge in [0.05, 0.1) is 5.75 Å². The fourth-order valence-corrected chi connectivity index (χ4v) is 3.22. The lowest BCUT2D eigenvalue weighted by Crippen LogP contribution is -2.29. The van der Waals surface area contributed by atoms with Crippen molar-refractivity contribution in [1.29, 1.82) is 0 Å². The van der Waals surface area contributed by atoms with E-state index in [1.54, 1.807) is 24.3 Å². The second kappa shape index (κ2) is 9.19. The first-order valence-corrected chi connectivity index (χ1v) is 9.41. The third-order valence-corrected chi connectivity index (χ3v) is 4.73. The molecule has 0 spiro atoms. The van der Waals surface area contributed by atoms with Gasteiger partial charge in [-0.3, -0.25) is 9.59 Å². The maximum Gasteiger partial charge on any atom is 0.263 e. The highest BCUT2D eigenvalue weighted by Gasteiger charge is 2.18. The van der Waals surface area contributed by atoms with E-state index in [1.807, 2.05) is 23.1 Å². The standard InChI is InChI=1S/C18H20N4O3S/c23-16(12-25-14-6-2-1-3-7-14)19-15-8-9-17(21-20-15)26-13-18(24)22-10-4-5-11-22/h1-3,6-9H,4-5,10-13H2,(H,19,20,23). The number of hydrogen-bond acceptors (Lipinski definition) is 6. The Kier molecular flexibility index (Phi) is 6.43. The summed E-state index contributed by atoms with van der Waals surface area (Å²) in [6.45, 7) is 1.59. The molecular formula is C18H20N4O3S. The number of rotatable bonds is 7. The number of amides is 2. The lowest BCUT2D eigenvalue weighted by Gasteiger charge is -2.14. The van der Waals surface area contributed by atoms with Gasteiger partial charge in [0.25, 0.3) is 5.91 Å². The Hall–Kier alpha value is -2.61. The fourth-order valence-electron chi connectivity index (χ4n) is 2.50. The van der Waals surface area contributed by atoms with Crippen molar-refractivity contribution < 1.29 is 14.3 Å². The summed E-state index contributed by atoms with van der Waals surface area (Å²) in [6.07, 6.45) is 2.16. The average molecular weight is 372 g/mol. The minimum atomic E-state index is -0.312. The van der Waals surface area contributed by atoms with Crippen molar-refractivity contribution in [2.75, 3.05) is 30.8 Å². The lowest BCUT2D eigenvalue weighted by molar-refractivity contribution is -0.127. The molecule has 7 nitrogen and oxygen atoms in total. The molecule has 0 bridgehead atoms. The number of aromatic nitrogens is 2. The summed E-state index contributed by atoms with van der Waals surface area (Å²) >= 11 is 1.35. The Morgan fingerprint density at radius 1 is 1.08 bits per heavy atom. The van der Waals surface area contributed by atoms with Crippen molar-refractivity contribution in [1.82, 2.24) is 15.1 Å². The molecule has 0 saturated carbocycles. The van der Waals surface area contributed by atoms with Crippen LogP contribution in [0.2, 0.25) is 0 Å². The molecular weight excluding hydrogens is 352 g/mol. The summed E-state index contributed by atoms with van der Waals surface area (Å²) in [5, 5.41) is 11.3. The Labute approximate surface area is 156 Å². The van der Waals surface area contributed by atoms with Gasteiger partial charge in [0, 0.05) is 13.1 Å². The van der Waals surface area contributed by atoms with Crippen LogP contribution in [0.1, 0.15) is 12.8 Å². The Balaban J connectivity index is 1.42. The molecule has 1 aromatic heterocycles. The number of nitrogens with one attached hydrogen (secondary N) is 1. The molecule has 3 rings (SSSR count). The predicted molar refractivity (Wildman–Crippen MR) is 99.1 cm³/mol. The Bertz CT molecular complexity index is 734. The summed E-state index contributed by atoms with van der Waals surface area (Å²) < 4.78 is 5.37.